The van der Waals surface area contributed by atoms with Crippen molar-refractivity contribution in [2.75, 3.05) is 6.61 Å². The van der Waals surface area contributed by atoms with E-state index in [2.05, 4.69) is 6.58 Å². The second kappa shape index (κ2) is 16.0. The molecule has 1 aliphatic heterocycles. The second-order valence-corrected chi connectivity index (χ2v) is 6.96. The Hall–Kier alpha value is -3.02. The highest BCUT2D eigenvalue weighted by Crippen LogP contribution is 2.15. The molecule has 0 bridgehead atoms. The Labute approximate surface area is 175 Å². The van der Waals surface area contributed by atoms with Crippen LogP contribution in [-0.4, -0.2) is 31.7 Å². The number of phenolic OH excluding ortho intramolecular Hbond substituents is 3. The van der Waals surface area contributed by atoms with Crippen molar-refractivity contribution in [3.05, 3.63) is 97.1 Å². The number of aromatic hydroxyl groups is 3. The second-order valence-electron chi connectivity index (χ2n) is 5.88. The van der Waals surface area contributed by atoms with Gasteiger partial charge in [-0.15, -0.1) is 0 Å². The first-order valence-electron chi connectivity index (χ1n) is 9.36. The monoisotopic (exact) mass is 408 g/mol. The van der Waals surface area contributed by atoms with Gasteiger partial charge in [-0.05, 0) is 42.8 Å². The molecule has 0 amide bonds. The lowest BCUT2D eigenvalue weighted by Crippen LogP contribution is -2.06. The maximum absolute atomic E-state index is 9.04. The fourth-order valence-electron chi connectivity index (χ4n) is 2.03. The van der Waals surface area contributed by atoms with Gasteiger partial charge in [-0.25, -0.2) is 0 Å². The summed E-state index contributed by atoms with van der Waals surface area (Å²) in [5.74, 6) is 0.928. The van der Waals surface area contributed by atoms with Crippen LogP contribution in [0.2, 0.25) is 6.04 Å². The number of rotatable bonds is 1. The predicted octanol–water partition coefficient (Wildman–Crippen LogP) is 5.65. The van der Waals surface area contributed by atoms with Crippen molar-refractivity contribution in [2.24, 2.45) is 0 Å². The third-order valence-corrected chi connectivity index (χ3v) is 4.51. The zero-order valence-corrected chi connectivity index (χ0v) is 17.4. The van der Waals surface area contributed by atoms with E-state index in [1.165, 1.54) is 18.9 Å². The molecule has 0 saturated carbocycles. The van der Waals surface area contributed by atoms with Crippen LogP contribution in [0.4, 0.5) is 0 Å². The zero-order chi connectivity index (χ0) is 21.2. The van der Waals surface area contributed by atoms with Crippen LogP contribution in [0.1, 0.15) is 18.4 Å². The van der Waals surface area contributed by atoms with Crippen LogP contribution in [0.25, 0.3) is 6.08 Å². The number of benzene rings is 3. The van der Waals surface area contributed by atoms with Crippen LogP contribution in [0.15, 0.2) is 91.5 Å². The van der Waals surface area contributed by atoms with E-state index in [-0.39, 0.29) is 5.75 Å². The summed E-state index contributed by atoms with van der Waals surface area (Å²) in [6.45, 7) is 4.54. The lowest BCUT2D eigenvalue weighted by molar-refractivity contribution is 0.304. The minimum absolute atomic E-state index is 0.285. The first kappa shape index (κ1) is 24.0. The van der Waals surface area contributed by atoms with E-state index in [1.807, 2.05) is 24.3 Å². The fourth-order valence-corrected chi connectivity index (χ4v) is 2.86. The molecule has 0 unspecified atom stereocenters. The van der Waals surface area contributed by atoms with E-state index in [4.69, 9.17) is 19.7 Å². The molecule has 2 radical (unpaired) electrons. The van der Waals surface area contributed by atoms with E-state index >= 15 is 0 Å². The number of phenols is 3. The first-order chi connectivity index (χ1) is 14.1. The molecule has 4 nitrogen and oxygen atoms in total. The topological polar surface area (TPSA) is 69.9 Å². The van der Waals surface area contributed by atoms with Crippen molar-refractivity contribution in [1.29, 1.82) is 0 Å². The van der Waals surface area contributed by atoms with Crippen molar-refractivity contribution in [3.8, 4) is 17.2 Å². The van der Waals surface area contributed by atoms with Crippen LogP contribution in [0, 0.1) is 0 Å². The van der Waals surface area contributed by atoms with Crippen molar-refractivity contribution >= 4 is 15.8 Å². The molecule has 0 aliphatic carbocycles. The molecule has 1 fully saturated rings. The first-order valence-corrected chi connectivity index (χ1v) is 10.5. The molecule has 3 aromatic rings. The smallest absolute Gasteiger partial charge is 0.229 e. The minimum atomic E-state index is 0.285. The van der Waals surface area contributed by atoms with Crippen LogP contribution < -0.4 is 0 Å². The van der Waals surface area contributed by atoms with Gasteiger partial charge >= 0.3 is 0 Å². The van der Waals surface area contributed by atoms with Crippen LogP contribution in [0.5, 0.6) is 17.2 Å². The Balaban J connectivity index is 0.000000195. The lowest BCUT2D eigenvalue weighted by atomic mass is 10.2. The summed E-state index contributed by atoms with van der Waals surface area (Å²) in [6, 6.07) is 25.8. The molecular weight excluding hydrogens is 380 g/mol. The van der Waals surface area contributed by atoms with Crippen LogP contribution in [-0.2, 0) is 4.43 Å². The van der Waals surface area contributed by atoms with Crippen molar-refractivity contribution in [1.82, 2.24) is 0 Å². The maximum atomic E-state index is 9.04. The Morgan fingerprint density at radius 2 is 1.24 bits per heavy atom. The van der Waals surface area contributed by atoms with E-state index in [0.717, 1.165) is 21.9 Å². The summed E-state index contributed by atoms with van der Waals surface area (Å²) in [6.07, 6.45) is 4.29. The summed E-state index contributed by atoms with van der Waals surface area (Å²) in [7, 11) is 0.802. The largest absolute Gasteiger partial charge is 0.508 e. The summed E-state index contributed by atoms with van der Waals surface area (Å²) in [4.78, 5) is 0. The van der Waals surface area contributed by atoms with E-state index in [0.29, 0.717) is 11.5 Å². The third-order valence-electron chi connectivity index (χ3n) is 3.55. The van der Waals surface area contributed by atoms with Gasteiger partial charge < -0.3 is 19.7 Å². The van der Waals surface area contributed by atoms with Gasteiger partial charge in [0.05, 0.1) is 0 Å². The van der Waals surface area contributed by atoms with Gasteiger partial charge in [0, 0.05) is 12.2 Å². The van der Waals surface area contributed by atoms with Gasteiger partial charge in [0.25, 0.3) is 0 Å². The highest BCUT2D eigenvalue weighted by atomic mass is 28.2. The third kappa shape index (κ3) is 12.9. The molecule has 3 N–H and O–H groups in total. The van der Waals surface area contributed by atoms with Gasteiger partial charge in [-0.3, -0.25) is 0 Å². The van der Waals surface area contributed by atoms with Crippen molar-refractivity contribution in [2.45, 2.75) is 18.9 Å². The molecule has 152 valence electrons. The SMILES string of the molecule is C1CC[Si]OC1.C=Cc1ccccc1O.Oc1ccccc1.Oc1ccccc1. The molecular formula is C24H28O4Si. The molecule has 1 aliphatic rings. The average Bonchev–Trinajstić information content (AvgIpc) is 2.78. The number of hydrogen-bond acceptors (Lipinski definition) is 4. The molecule has 1 heterocycles. The zero-order valence-electron chi connectivity index (χ0n) is 16.4. The van der Waals surface area contributed by atoms with E-state index < -0.39 is 0 Å². The van der Waals surface area contributed by atoms with E-state index in [9.17, 15) is 0 Å². The van der Waals surface area contributed by atoms with E-state index in [1.54, 1.807) is 66.7 Å². The average molecular weight is 409 g/mol. The molecule has 0 spiro atoms. The summed E-state index contributed by atoms with van der Waals surface area (Å²) in [5, 5.41) is 26.3. The van der Waals surface area contributed by atoms with Gasteiger partial charge in [0.1, 0.15) is 17.2 Å². The van der Waals surface area contributed by atoms with Gasteiger partial charge in [-0.1, -0.05) is 73.7 Å². The Kier molecular flexibility index (Phi) is 13.2. The Morgan fingerprint density at radius 1 is 0.724 bits per heavy atom. The van der Waals surface area contributed by atoms with Gasteiger partial charge in [-0.2, -0.15) is 0 Å². The predicted molar refractivity (Wildman–Crippen MR) is 120 cm³/mol. The molecule has 5 heteroatoms. The maximum Gasteiger partial charge on any atom is 0.229 e. The highest BCUT2D eigenvalue weighted by Gasteiger charge is 1.97. The van der Waals surface area contributed by atoms with Crippen LogP contribution >= 0.6 is 0 Å². The summed E-state index contributed by atoms with van der Waals surface area (Å²) in [5.41, 5.74) is 0.775. The number of hydrogen-bond donors (Lipinski definition) is 3. The molecule has 0 atom stereocenters. The molecule has 0 aromatic heterocycles. The van der Waals surface area contributed by atoms with Crippen molar-refractivity contribution in [3.63, 3.8) is 0 Å². The molecule has 3 aromatic carbocycles. The normalized spacial score (nSPS) is 11.9. The quantitative estimate of drug-likeness (QED) is 0.455. The summed E-state index contributed by atoms with van der Waals surface area (Å²) >= 11 is 0. The van der Waals surface area contributed by atoms with Gasteiger partial charge in [0.2, 0.25) is 9.76 Å². The molecule has 29 heavy (non-hydrogen) atoms. The van der Waals surface area contributed by atoms with Gasteiger partial charge in [0.15, 0.2) is 0 Å². The Morgan fingerprint density at radius 3 is 1.48 bits per heavy atom. The minimum Gasteiger partial charge on any atom is -0.508 e. The summed E-state index contributed by atoms with van der Waals surface area (Å²) < 4.78 is 5.10. The Bertz CT molecular complexity index is 726. The number of para-hydroxylation sites is 3. The lowest BCUT2D eigenvalue weighted by Gasteiger charge is -2.06. The standard InChI is InChI=1S/C8H8O.2C6H6O.C4H8OSi/c1-2-7-5-3-4-6-8(7)9;2*7-6-4-2-1-3-5-6;1-2-4-6-5-3-1/h2-6,9H,1H2;2*1-5,7H;1-4H2. The van der Waals surface area contributed by atoms with Crippen LogP contribution in [0.3, 0.4) is 0 Å². The highest BCUT2D eigenvalue weighted by molar-refractivity contribution is 6.27. The fraction of sp³-hybridized carbons (Fsp3) is 0.167. The molecule has 1 saturated heterocycles. The van der Waals surface area contributed by atoms with Crippen molar-refractivity contribution < 1.29 is 19.7 Å². The molecule has 4 rings (SSSR count).